The van der Waals surface area contributed by atoms with Crippen molar-refractivity contribution in [1.29, 1.82) is 0 Å². The third-order valence-electron chi connectivity index (χ3n) is 4.97. The molecular weight excluding hydrogens is 350 g/mol. The number of anilines is 1. The average Bonchev–Trinajstić information content (AvgIpc) is 3.07. The van der Waals surface area contributed by atoms with E-state index in [0.29, 0.717) is 24.5 Å². The number of nitrogens with zero attached hydrogens (tertiary/aromatic N) is 4. The SMILES string of the molecule is CN(C)C(=O)C1(Cc2ccc(Cl)cc2)CN(c2ccnc3[nH]ncc23)C1. The number of pyridine rings is 1. The van der Waals surface area contributed by atoms with Gasteiger partial charge in [0, 0.05) is 38.4 Å². The van der Waals surface area contributed by atoms with Gasteiger partial charge >= 0.3 is 0 Å². The first kappa shape index (κ1) is 16.8. The summed E-state index contributed by atoms with van der Waals surface area (Å²) in [5.74, 6) is 0.154. The van der Waals surface area contributed by atoms with Crippen molar-refractivity contribution in [3.63, 3.8) is 0 Å². The van der Waals surface area contributed by atoms with E-state index in [0.717, 1.165) is 22.3 Å². The van der Waals surface area contributed by atoms with Gasteiger partial charge in [-0.3, -0.25) is 9.89 Å². The van der Waals surface area contributed by atoms with Crippen molar-refractivity contribution < 1.29 is 4.79 Å². The molecule has 1 fully saturated rings. The smallest absolute Gasteiger partial charge is 0.232 e. The predicted octanol–water partition coefficient (Wildman–Crippen LogP) is 2.75. The molecule has 26 heavy (non-hydrogen) atoms. The molecule has 6 nitrogen and oxygen atoms in total. The molecule has 0 atom stereocenters. The zero-order valence-electron chi connectivity index (χ0n) is 14.7. The highest BCUT2D eigenvalue weighted by atomic mass is 35.5. The first-order valence-electron chi connectivity index (χ1n) is 8.48. The summed E-state index contributed by atoms with van der Waals surface area (Å²) >= 11 is 5.99. The van der Waals surface area contributed by atoms with Crippen LogP contribution in [0.1, 0.15) is 5.56 Å². The van der Waals surface area contributed by atoms with Crippen LogP contribution in [-0.2, 0) is 11.2 Å². The van der Waals surface area contributed by atoms with E-state index in [9.17, 15) is 4.79 Å². The van der Waals surface area contributed by atoms with Gasteiger partial charge in [0.15, 0.2) is 5.65 Å². The normalized spacial score (nSPS) is 15.7. The van der Waals surface area contributed by atoms with Gasteiger partial charge in [0.05, 0.1) is 22.7 Å². The Morgan fingerprint density at radius 3 is 2.69 bits per heavy atom. The summed E-state index contributed by atoms with van der Waals surface area (Å²) in [7, 11) is 3.63. The molecule has 0 saturated carbocycles. The van der Waals surface area contributed by atoms with Crippen molar-refractivity contribution in [3.8, 4) is 0 Å². The van der Waals surface area contributed by atoms with Gasteiger partial charge in [-0.1, -0.05) is 23.7 Å². The van der Waals surface area contributed by atoms with Crippen LogP contribution in [-0.4, -0.2) is 53.2 Å². The lowest BCUT2D eigenvalue weighted by molar-refractivity contribution is -0.141. The summed E-state index contributed by atoms with van der Waals surface area (Å²) in [6.45, 7) is 1.33. The van der Waals surface area contributed by atoms with Crippen molar-refractivity contribution in [2.45, 2.75) is 6.42 Å². The van der Waals surface area contributed by atoms with Crippen LogP contribution >= 0.6 is 11.6 Å². The second kappa shape index (κ2) is 6.29. The van der Waals surface area contributed by atoms with E-state index < -0.39 is 5.41 Å². The molecule has 2 aromatic heterocycles. The molecule has 7 heteroatoms. The van der Waals surface area contributed by atoms with Crippen LogP contribution in [0.3, 0.4) is 0 Å². The Balaban J connectivity index is 1.62. The fourth-order valence-electron chi connectivity index (χ4n) is 3.76. The van der Waals surface area contributed by atoms with Gasteiger partial charge in [0.1, 0.15) is 0 Å². The number of aromatic amines is 1. The van der Waals surface area contributed by atoms with Crippen molar-refractivity contribution >= 4 is 34.2 Å². The van der Waals surface area contributed by atoms with Crippen LogP contribution in [0.25, 0.3) is 11.0 Å². The van der Waals surface area contributed by atoms with E-state index in [1.807, 2.05) is 44.4 Å². The minimum absolute atomic E-state index is 0.154. The second-order valence-electron chi connectivity index (χ2n) is 7.10. The van der Waals surface area contributed by atoms with Crippen LogP contribution in [0.4, 0.5) is 5.69 Å². The fraction of sp³-hybridized carbons (Fsp3) is 0.316. The Morgan fingerprint density at radius 1 is 1.27 bits per heavy atom. The van der Waals surface area contributed by atoms with Crippen molar-refractivity contribution in [1.82, 2.24) is 20.1 Å². The Labute approximate surface area is 156 Å². The predicted molar refractivity (Wildman–Crippen MR) is 102 cm³/mol. The summed E-state index contributed by atoms with van der Waals surface area (Å²) in [5, 5.41) is 8.65. The number of benzene rings is 1. The van der Waals surface area contributed by atoms with Gasteiger partial charge in [-0.05, 0) is 30.2 Å². The molecular formula is C19H20ClN5O. The van der Waals surface area contributed by atoms with Crippen LogP contribution < -0.4 is 4.90 Å². The average molecular weight is 370 g/mol. The molecule has 0 bridgehead atoms. The first-order chi connectivity index (χ1) is 12.5. The number of H-pyrrole nitrogens is 1. The van der Waals surface area contributed by atoms with E-state index in [4.69, 9.17) is 11.6 Å². The molecule has 4 rings (SSSR count). The van der Waals surface area contributed by atoms with Gasteiger partial charge in [-0.25, -0.2) is 4.98 Å². The fourth-order valence-corrected chi connectivity index (χ4v) is 3.88. The van der Waals surface area contributed by atoms with Crippen molar-refractivity contribution in [3.05, 3.63) is 53.3 Å². The van der Waals surface area contributed by atoms with Crippen LogP contribution in [0.5, 0.6) is 0 Å². The number of rotatable bonds is 4. The first-order valence-corrected chi connectivity index (χ1v) is 8.86. The van der Waals surface area contributed by atoms with Gasteiger partial charge in [0.2, 0.25) is 5.91 Å². The van der Waals surface area contributed by atoms with E-state index in [2.05, 4.69) is 20.1 Å². The van der Waals surface area contributed by atoms with E-state index in [-0.39, 0.29) is 5.91 Å². The largest absolute Gasteiger partial charge is 0.369 e. The lowest BCUT2D eigenvalue weighted by Crippen LogP contribution is -2.64. The molecule has 1 N–H and O–H groups in total. The summed E-state index contributed by atoms with van der Waals surface area (Å²) in [4.78, 5) is 21.1. The number of carbonyl (C=O) groups is 1. The highest BCUT2D eigenvalue weighted by Gasteiger charge is 2.50. The molecule has 0 spiro atoms. The zero-order chi connectivity index (χ0) is 18.3. The minimum Gasteiger partial charge on any atom is -0.369 e. The standard InChI is InChI=1S/C19H20ClN5O/c1-24(2)18(26)19(9-13-3-5-14(20)6-4-13)11-25(12-19)16-7-8-21-17-15(16)10-22-23-17/h3-8,10H,9,11-12H2,1-2H3,(H,21,22,23). The number of nitrogens with one attached hydrogen (secondary N) is 1. The van der Waals surface area contributed by atoms with Crippen molar-refractivity contribution in [2.75, 3.05) is 32.1 Å². The molecule has 0 radical (unpaired) electrons. The molecule has 1 amide bonds. The maximum Gasteiger partial charge on any atom is 0.232 e. The number of carbonyl (C=O) groups excluding carboxylic acids is 1. The Morgan fingerprint density at radius 2 is 2.00 bits per heavy atom. The quantitative estimate of drug-likeness (QED) is 0.768. The Kier molecular flexibility index (Phi) is 4.07. The third-order valence-corrected chi connectivity index (χ3v) is 5.23. The maximum absolute atomic E-state index is 13.0. The lowest BCUT2D eigenvalue weighted by atomic mass is 9.73. The lowest BCUT2D eigenvalue weighted by Gasteiger charge is -2.51. The monoisotopic (exact) mass is 369 g/mol. The molecule has 0 aliphatic carbocycles. The Bertz CT molecular complexity index is 944. The van der Waals surface area contributed by atoms with Crippen LogP contribution in [0.2, 0.25) is 5.02 Å². The summed E-state index contributed by atoms with van der Waals surface area (Å²) in [6, 6.07) is 9.72. The summed E-state index contributed by atoms with van der Waals surface area (Å²) in [5.41, 5.74) is 2.50. The number of hydrogen-bond donors (Lipinski definition) is 1. The number of hydrogen-bond acceptors (Lipinski definition) is 4. The number of amides is 1. The molecule has 1 aliphatic heterocycles. The maximum atomic E-state index is 13.0. The summed E-state index contributed by atoms with van der Waals surface area (Å²) < 4.78 is 0. The van der Waals surface area contributed by atoms with Crippen LogP contribution in [0.15, 0.2) is 42.7 Å². The number of aromatic nitrogens is 3. The highest BCUT2D eigenvalue weighted by molar-refractivity contribution is 6.30. The third kappa shape index (κ3) is 2.80. The molecule has 1 aliphatic rings. The minimum atomic E-state index is -0.434. The van der Waals surface area contributed by atoms with Crippen molar-refractivity contribution in [2.24, 2.45) is 5.41 Å². The summed E-state index contributed by atoms with van der Waals surface area (Å²) in [6.07, 6.45) is 4.24. The Hall–Kier alpha value is -2.60. The molecule has 1 aromatic carbocycles. The molecule has 1 saturated heterocycles. The van der Waals surface area contributed by atoms with Gasteiger partial charge in [-0.2, -0.15) is 5.10 Å². The molecule has 0 unspecified atom stereocenters. The van der Waals surface area contributed by atoms with Crippen LogP contribution in [0, 0.1) is 5.41 Å². The van der Waals surface area contributed by atoms with E-state index in [1.54, 1.807) is 17.3 Å². The highest BCUT2D eigenvalue weighted by Crippen LogP contribution is 2.40. The number of fused-ring (bicyclic) bond motifs is 1. The topological polar surface area (TPSA) is 65.1 Å². The van der Waals surface area contributed by atoms with E-state index >= 15 is 0 Å². The molecule has 3 heterocycles. The number of halogens is 1. The zero-order valence-corrected chi connectivity index (χ0v) is 15.5. The molecule has 3 aromatic rings. The second-order valence-corrected chi connectivity index (χ2v) is 7.54. The van der Waals surface area contributed by atoms with Gasteiger partial charge in [0.25, 0.3) is 0 Å². The van der Waals surface area contributed by atoms with Gasteiger partial charge < -0.3 is 9.80 Å². The molecule has 134 valence electrons. The van der Waals surface area contributed by atoms with E-state index in [1.165, 1.54) is 0 Å². The van der Waals surface area contributed by atoms with Gasteiger partial charge in [-0.15, -0.1) is 0 Å².